The maximum Gasteiger partial charge on any atom is 0.407 e. The van der Waals surface area contributed by atoms with E-state index in [-0.39, 0.29) is 12.2 Å². The van der Waals surface area contributed by atoms with Crippen LogP contribution in [0.5, 0.6) is 0 Å². The molecule has 0 spiro atoms. The maximum absolute atomic E-state index is 12.1. The Balaban J connectivity index is 1.83. The summed E-state index contributed by atoms with van der Waals surface area (Å²) >= 11 is 0. The van der Waals surface area contributed by atoms with Crippen LogP contribution in [0.15, 0.2) is 0 Å². The van der Waals surface area contributed by atoms with E-state index in [0.717, 1.165) is 19.3 Å². The zero-order chi connectivity index (χ0) is 14.5. The van der Waals surface area contributed by atoms with Crippen molar-refractivity contribution in [2.75, 3.05) is 0 Å². The Bertz CT molecular complexity index is 310. The van der Waals surface area contributed by atoms with E-state index in [1.807, 2.05) is 0 Å². The second-order valence-corrected chi connectivity index (χ2v) is 7.25. The maximum atomic E-state index is 12.1. The second kappa shape index (κ2) is 7.33. The number of nitrogens with one attached hydrogen (secondary N) is 1. The van der Waals surface area contributed by atoms with Crippen LogP contribution in [0.25, 0.3) is 0 Å². The highest BCUT2D eigenvalue weighted by molar-refractivity contribution is 5.67. The minimum Gasteiger partial charge on any atom is -0.446 e. The summed E-state index contributed by atoms with van der Waals surface area (Å²) < 4.78 is 5.79. The molecule has 1 N–H and O–H groups in total. The lowest BCUT2D eigenvalue weighted by Crippen LogP contribution is -2.42. The number of hydrogen-bond acceptors (Lipinski definition) is 2. The highest BCUT2D eigenvalue weighted by atomic mass is 16.6. The van der Waals surface area contributed by atoms with Crippen molar-refractivity contribution in [2.24, 2.45) is 17.8 Å². The van der Waals surface area contributed by atoms with Gasteiger partial charge >= 0.3 is 6.09 Å². The van der Waals surface area contributed by atoms with Gasteiger partial charge in [0.2, 0.25) is 0 Å². The predicted molar refractivity (Wildman–Crippen MR) is 81.6 cm³/mol. The average Bonchev–Trinajstić information content (AvgIpc) is 2.39. The summed E-state index contributed by atoms with van der Waals surface area (Å²) in [7, 11) is 0. The van der Waals surface area contributed by atoms with E-state index in [1.165, 1.54) is 32.1 Å². The van der Waals surface area contributed by atoms with E-state index in [9.17, 15) is 4.79 Å². The molecule has 3 atom stereocenters. The fourth-order valence-corrected chi connectivity index (χ4v) is 3.84. The molecule has 3 nitrogen and oxygen atoms in total. The van der Waals surface area contributed by atoms with Gasteiger partial charge in [-0.25, -0.2) is 4.79 Å². The van der Waals surface area contributed by atoms with E-state index >= 15 is 0 Å². The number of carbonyl (C=O) groups is 1. The molecular formula is C17H31NO2. The summed E-state index contributed by atoms with van der Waals surface area (Å²) in [6.45, 7) is 6.76. The standard InChI is InChI=1S/C17H31NO2/c1-12(2)15-10-9-13(3)11-16(15)20-17(19)18-14-7-5-4-6-8-14/h12-16H,4-11H2,1-3H3,(H,18,19)/t13-,15?,16-/m0/s1. The lowest BCUT2D eigenvalue weighted by Gasteiger charge is -2.37. The topological polar surface area (TPSA) is 38.3 Å². The van der Waals surface area contributed by atoms with E-state index in [4.69, 9.17) is 4.74 Å². The van der Waals surface area contributed by atoms with Gasteiger partial charge < -0.3 is 10.1 Å². The lowest BCUT2D eigenvalue weighted by atomic mass is 9.75. The number of alkyl carbamates (subject to hydrolysis) is 1. The first-order valence-electron chi connectivity index (χ1n) is 8.53. The van der Waals surface area contributed by atoms with Crippen molar-refractivity contribution in [3.63, 3.8) is 0 Å². The van der Waals surface area contributed by atoms with Crippen molar-refractivity contribution in [2.45, 2.75) is 84.3 Å². The van der Waals surface area contributed by atoms with Gasteiger partial charge in [0.1, 0.15) is 6.10 Å². The molecular weight excluding hydrogens is 250 g/mol. The third-order valence-electron chi connectivity index (χ3n) is 5.15. The van der Waals surface area contributed by atoms with E-state index in [1.54, 1.807) is 0 Å². The van der Waals surface area contributed by atoms with Gasteiger partial charge in [0.25, 0.3) is 0 Å². The predicted octanol–water partition coefficient (Wildman–Crippen LogP) is 4.51. The van der Waals surface area contributed by atoms with Crippen LogP contribution in [0, 0.1) is 17.8 Å². The van der Waals surface area contributed by atoms with Gasteiger partial charge in [0, 0.05) is 6.04 Å². The Morgan fingerprint density at radius 2 is 1.80 bits per heavy atom. The average molecular weight is 281 g/mol. The first-order chi connectivity index (χ1) is 9.56. The third-order valence-corrected chi connectivity index (χ3v) is 5.15. The molecule has 2 fully saturated rings. The van der Waals surface area contributed by atoms with Gasteiger partial charge in [0.15, 0.2) is 0 Å². The van der Waals surface area contributed by atoms with Crippen molar-refractivity contribution < 1.29 is 9.53 Å². The molecule has 0 radical (unpaired) electrons. The molecule has 0 aromatic heterocycles. The Kier molecular flexibility index (Phi) is 5.74. The molecule has 0 aromatic carbocycles. The molecule has 2 aliphatic carbocycles. The van der Waals surface area contributed by atoms with Gasteiger partial charge in [-0.1, -0.05) is 46.5 Å². The minimum absolute atomic E-state index is 0.113. The molecule has 0 aliphatic heterocycles. The van der Waals surface area contributed by atoms with Crippen LogP contribution in [0.2, 0.25) is 0 Å². The van der Waals surface area contributed by atoms with E-state index in [0.29, 0.717) is 23.8 Å². The molecule has 2 aliphatic rings. The van der Waals surface area contributed by atoms with E-state index in [2.05, 4.69) is 26.1 Å². The Labute approximate surface area is 123 Å². The zero-order valence-electron chi connectivity index (χ0n) is 13.4. The minimum atomic E-state index is -0.179. The summed E-state index contributed by atoms with van der Waals surface area (Å²) in [6, 6.07) is 0.342. The first kappa shape index (κ1) is 15.7. The molecule has 0 bridgehead atoms. The van der Waals surface area contributed by atoms with Gasteiger partial charge in [-0.2, -0.15) is 0 Å². The number of rotatable bonds is 3. The Morgan fingerprint density at radius 1 is 1.10 bits per heavy atom. The largest absolute Gasteiger partial charge is 0.446 e. The Morgan fingerprint density at radius 3 is 2.45 bits per heavy atom. The molecule has 0 saturated heterocycles. The lowest BCUT2D eigenvalue weighted by molar-refractivity contribution is 0.00447. The first-order valence-corrected chi connectivity index (χ1v) is 8.53. The summed E-state index contributed by atoms with van der Waals surface area (Å²) in [6.07, 6.45) is 9.44. The molecule has 0 heterocycles. The van der Waals surface area contributed by atoms with Crippen molar-refractivity contribution in [1.29, 1.82) is 0 Å². The number of carbonyl (C=O) groups excluding carboxylic acids is 1. The Hall–Kier alpha value is -0.730. The van der Waals surface area contributed by atoms with Crippen molar-refractivity contribution in [3.05, 3.63) is 0 Å². The van der Waals surface area contributed by atoms with Gasteiger partial charge in [-0.15, -0.1) is 0 Å². The molecule has 3 heteroatoms. The number of hydrogen-bond donors (Lipinski definition) is 1. The van der Waals surface area contributed by atoms with Crippen LogP contribution in [0.3, 0.4) is 0 Å². The number of amides is 1. The second-order valence-electron chi connectivity index (χ2n) is 7.25. The van der Waals surface area contributed by atoms with Crippen LogP contribution in [0.1, 0.15) is 72.1 Å². The third kappa shape index (κ3) is 4.39. The van der Waals surface area contributed by atoms with Crippen LogP contribution >= 0.6 is 0 Å². The van der Waals surface area contributed by atoms with Crippen LogP contribution < -0.4 is 5.32 Å². The smallest absolute Gasteiger partial charge is 0.407 e. The van der Waals surface area contributed by atoms with Crippen LogP contribution in [0.4, 0.5) is 4.79 Å². The highest BCUT2D eigenvalue weighted by Gasteiger charge is 2.33. The fourth-order valence-electron chi connectivity index (χ4n) is 3.84. The summed E-state index contributed by atoms with van der Waals surface area (Å²) in [4.78, 5) is 12.1. The van der Waals surface area contributed by atoms with Crippen LogP contribution in [-0.2, 0) is 4.74 Å². The highest BCUT2D eigenvalue weighted by Crippen LogP contribution is 2.35. The monoisotopic (exact) mass is 281 g/mol. The molecule has 116 valence electrons. The van der Waals surface area contributed by atoms with Gasteiger partial charge in [-0.3, -0.25) is 0 Å². The van der Waals surface area contributed by atoms with Gasteiger partial charge in [0.05, 0.1) is 0 Å². The summed E-state index contributed by atoms with van der Waals surface area (Å²) in [5, 5.41) is 3.08. The normalized spacial score (nSPS) is 32.1. The summed E-state index contributed by atoms with van der Waals surface area (Å²) in [5.74, 6) is 1.80. The van der Waals surface area contributed by atoms with E-state index < -0.39 is 0 Å². The number of ether oxygens (including phenoxy) is 1. The quantitative estimate of drug-likeness (QED) is 0.826. The fraction of sp³-hybridized carbons (Fsp3) is 0.941. The molecule has 0 aromatic rings. The van der Waals surface area contributed by atoms with Crippen LogP contribution in [-0.4, -0.2) is 18.2 Å². The van der Waals surface area contributed by atoms with Crippen molar-refractivity contribution >= 4 is 6.09 Å². The zero-order valence-corrected chi connectivity index (χ0v) is 13.4. The SMILES string of the molecule is CC(C)C1CC[C@H](C)C[C@@H]1OC(=O)NC1CCCCC1. The van der Waals surface area contributed by atoms with Gasteiger partial charge in [-0.05, 0) is 43.4 Å². The molecule has 2 rings (SSSR count). The molecule has 1 unspecified atom stereocenters. The molecule has 1 amide bonds. The summed E-state index contributed by atoms with van der Waals surface area (Å²) in [5.41, 5.74) is 0. The molecule has 20 heavy (non-hydrogen) atoms. The van der Waals surface area contributed by atoms with Crippen molar-refractivity contribution in [1.82, 2.24) is 5.32 Å². The molecule has 2 saturated carbocycles. The van der Waals surface area contributed by atoms with Crippen molar-refractivity contribution in [3.8, 4) is 0 Å².